The third-order valence-corrected chi connectivity index (χ3v) is 0.565. The van der Waals surface area contributed by atoms with Gasteiger partial charge < -0.3 is 5.11 Å². The van der Waals surface area contributed by atoms with E-state index >= 15 is 0 Å². The van der Waals surface area contributed by atoms with Gasteiger partial charge in [-0.05, 0) is 13.0 Å². The molecule has 44 valence electrons. The van der Waals surface area contributed by atoms with Crippen molar-refractivity contribution in [1.29, 1.82) is 0 Å². The van der Waals surface area contributed by atoms with E-state index in [9.17, 15) is 0 Å². The van der Waals surface area contributed by atoms with E-state index in [-0.39, 0.29) is 0 Å². The molecule has 1 atom stereocenters. The number of hydrogen-bond donors (Lipinski definition) is 1. The van der Waals surface area contributed by atoms with Crippen molar-refractivity contribution < 1.29 is 5.11 Å². The molecule has 0 aromatic carbocycles. The fourth-order valence-electron chi connectivity index (χ4n) is 0.200. The van der Waals surface area contributed by atoms with Crippen LogP contribution in [0.3, 0.4) is 0 Å². The fourth-order valence-corrected chi connectivity index (χ4v) is 0.263. The second-order valence-corrected chi connectivity index (χ2v) is 1.51. The van der Waals surface area contributed by atoms with E-state index in [1.165, 1.54) is 11.6 Å². The van der Waals surface area contributed by atoms with Gasteiger partial charge in [0.1, 0.15) is 6.10 Å². The lowest BCUT2D eigenvalue weighted by Crippen LogP contribution is -1.91. The molecule has 8 heavy (non-hydrogen) atoms. The van der Waals surface area contributed by atoms with E-state index in [1.807, 2.05) is 0 Å². The Labute approximate surface area is 54.0 Å². The quantitative estimate of drug-likeness (QED) is 0.488. The molecule has 0 radical (unpaired) electrons. The molecule has 0 heterocycles. The normalized spacial score (nSPS) is 12.9. The SMILES string of the molecule is C[C@H](O)C#C/C=C/Cl. The van der Waals surface area contributed by atoms with Crippen LogP contribution in [0.5, 0.6) is 0 Å². The minimum atomic E-state index is -0.567. The van der Waals surface area contributed by atoms with Gasteiger partial charge in [-0.25, -0.2) is 0 Å². The van der Waals surface area contributed by atoms with Crippen molar-refractivity contribution >= 4 is 11.6 Å². The van der Waals surface area contributed by atoms with Gasteiger partial charge in [0, 0.05) is 5.54 Å². The summed E-state index contributed by atoms with van der Waals surface area (Å²) in [4.78, 5) is 0. The van der Waals surface area contributed by atoms with Crippen molar-refractivity contribution in [2.24, 2.45) is 0 Å². The lowest BCUT2D eigenvalue weighted by Gasteiger charge is -1.83. The molecule has 0 unspecified atom stereocenters. The number of halogens is 1. The summed E-state index contributed by atoms with van der Waals surface area (Å²) in [5.74, 6) is 5.00. The van der Waals surface area contributed by atoms with Crippen LogP contribution in [-0.2, 0) is 0 Å². The number of allylic oxidation sites excluding steroid dienone is 1. The van der Waals surface area contributed by atoms with E-state index in [4.69, 9.17) is 16.7 Å². The highest BCUT2D eigenvalue weighted by Crippen LogP contribution is 1.76. The summed E-state index contributed by atoms with van der Waals surface area (Å²) >= 11 is 5.12. The van der Waals surface area contributed by atoms with Crippen molar-refractivity contribution in [2.75, 3.05) is 0 Å². The van der Waals surface area contributed by atoms with Gasteiger partial charge in [-0.1, -0.05) is 23.4 Å². The summed E-state index contributed by atoms with van der Waals surface area (Å²) < 4.78 is 0. The van der Waals surface area contributed by atoms with Gasteiger partial charge >= 0.3 is 0 Å². The highest BCUT2D eigenvalue weighted by Gasteiger charge is 1.78. The van der Waals surface area contributed by atoms with Gasteiger partial charge in [0.05, 0.1) is 0 Å². The number of aliphatic hydroxyl groups is 1. The second kappa shape index (κ2) is 4.70. The molecule has 0 bridgehead atoms. The van der Waals surface area contributed by atoms with Crippen LogP contribution in [0, 0.1) is 11.8 Å². The number of rotatable bonds is 0. The zero-order valence-corrected chi connectivity index (χ0v) is 5.31. The van der Waals surface area contributed by atoms with E-state index in [1.54, 1.807) is 6.92 Å². The smallest absolute Gasteiger partial charge is 0.112 e. The van der Waals surface area contributed by atoms with Gasteiger partial charge in [-0.2, -0.15) is 0 Å². The highest BCUT2D eigenvalue weighted by atomic mass is 35.5. The Balaban J connectivity index is 3.51. The van der Waals surface area contributed by atoms with Crippen LogP contribution in [0.25, 0.3) is 0 Å². The molecule has 0 aliphatic rings. The molecule has 0 saturated heterocycles. The molecule has 0 saturated carbocycles. The van der Waals surface area contributed by atoms with Crippen LogP contribution in [0.15, 0.2) is 11.6 Å². The molecule has 0 aliphatic carbocycles. The zero-order valence-electron chi connectivity index (χ0n) is 4.56. The largest absolute Gasteiger partial charge is 0.381 e. The molecule has 0 spiro atoms. The lowest BCUT2D eigenvalue weighted by molar-refractivity contribution is 0.253. The minimum Gasteiger partial charge on any atom is -0.381 e. The third kappa shape index (κ3) is 5.55. The Morgan fingerprint density at radius 1 is 1.75 bits per heavy atom. The maximum absolute atomic E-state index is 8.53. The third-order valence-electron chi connectivity index (χ3n) is 0.439. The van der Waals surface area contributed by atoms with E-state index in [2.05, 4.69) is 11.8 Å². The Kier molecular flexibility index (Phi) is 4.44. The van der Waals surface area contributed by atoms with Crippen LogP contribution in [0.4, 0.5) is 0 Å². The van der Waals surface area contributed by atoms with Crippen LogP contribution in [-0.4, -0.2) is 11.2 Å². The highest BCUT2D eigenvalue weighted by molar-refractivity contribution is 6.25. The predicted molar refractivity (Wildman–Crippen MR) is 34.4 cm³/mol. The molecule has 0 aliphatic heterocycles. The molecule has 0 aromatic heterocycles. The Bertz CT molecular complexity index is 127. The monoisotopic (exact) mass is 130 g/mol. The van der Waals surface area contributed by atoms with Crippen molar-refractivity contribution in [3.63, 3.8) is 0 Å². The topological polar surface area (TPSA) is 20.2 Å². The molecule has 1 N–H and O–H groups in total. The van der Waals surface area contributed by atoms with E-state index in [0.29, 0.717) is 0 Å². The molecule has 0 fully saturated rings. The summed E-state index contributed by atoms with van der Waals surface area (Å²) in [7, 11) is 0. The average Bonchev–Trinajstić information content (AvgIpc) is 1.66. The van der Waals surface area contributed by atoms with Gasteiger partial charge in [0.25, 0.3) is 0 Å². The second-order valence-electron chi connectivity index (χ2n) is 1.26. The Morgan fingerprint density at radius 3 is 2.75 bits per heavy atom. The molecular weight excluding hydrogens is 124 g/mol. The van der Waals surface area contributed by atoms with Crippen LogP contribution < -0.4 is 0 Å². The summed E-state index contributed by atoms with van der Waals surface area (Å²) in [6.45, 7) is 1.59. The Morgan fingerprint density at radius 2 is 2.38 bits per heavy atom. The molecule has 0 aromatic rings. The molecule has 1 nitrogen and oxygen atoms in total. The number of hydrogen-bond acceptors (Lipinski definition) is 1. The van der Waals surface area contributed by atoms with Crippen molar-refractivity contribution in [1.82, 2.24) is 0 Å². The van der Waals surface area contributed by atoms with Gasteiger partial charge in [0.2, 0.25) is 0 Å². The predicted octanol–water partition coefficient (Wildman–Crippen LogP) is 1.12. The van der Waals surface area contributed by atoms with Crippen LogP contribution >= 0.6 is 11.6 Å². The van der Waals surface area contributed by atoms with Crippen molar-refractivity contribution in [3.05, 3.63) is 11.6 Å². The first-order valence-electron chi connectivity index (χ1n) is 2.21. The van der Waals surface area contributed by atoms with Gasteiger partial charge in [-0.3, -0.25) is 0 Å². The molecule has 0 rings (SSSR count). The van der Waals surface area contributed by atoms with Gasteiger partial charge in [-0.15, -0.1) is 0 Å². The number of aliphatic hydroxyl groups excluding tert-OH is 1. The van der Waals surface area contributed by atoms with Crippen LogP contribution in [0.1, 0.15) is 6.92 Å². The molecule has 0 amide bonds. The molecular formula is C6H7ClO. The maximum Gasteiger partial charge on any atom is 0.112 e. The zero-order chi connectivity index (χ0) is 6.41. The van der Waals surface area contributed by atoms with E-state index < -0.39 is 6.10 Å². The maximum atomic E-state index is 8.53. The summed E-state index contributed by atoms with van der Waals surface area (Å²) in [6, 6.07) is 0. The lowest BCUT2D eigenvalue weighted by atomic mass is 10.4. The standard InChI is InChI=1S/C6H7ClO/c1-6(8)4-2-3-5-7/h3,5-6,8H,1H3/b5-3+/t6-/m0/s1. The summed E-state index contributed by atoms with van der Waals surface area (Å²) in [6.07, 6.45) is 0.900. The first-order valence-corrected chi connectivity index (χ1v) is 2.65. The summed E-state index contributed by atoms with van der Waals surface area (Å²) in [5, 5.41) is 8.53. The van der Waals surface area contributed by atoms with E-state index in [0.717, 1.165) is 0 Å². The summed E-state index contributed by atoms with van der Waals surface area (Å²) in [5.41, 5.74) is 1.30. The van der Waals surface area contributed by atoms with Crippen molar-refractivity contribution in [2.45, 2.75) is 13.0 Å². The first-order chi connectivity index (χ1) is 3.77. The van der Waals surface area contributed by atoms with Gasteiger partial charge in [0.15, 0.2) is 0 Å². The molecule has 2 heteroatoms. The average molecular weight is 131 g/mol. The van der Waals surface area contributed by atoms with Crippen molar-refractivity contribution in [3.8, 4) is 11.8 Å². The van der Waals surface area contributed by atoms with Crippen LogP contribution in [0.2, 0.25) is 0 Å². The first kappa shape index (κ1) is 7.55. The fraction of sp³-hybridized carbons (Fsp3) is 0.333. The minimum absolute atomic E-state index is 0.567. The Hall–Kier alpha value is -0.450.